The minimum absolute atomic E-state index is 0.314. The Morgan fingerprint density at radius 1 is 1.11 bits per heavy atom. The second-order valence-corrected chi connectivity index (χ2v) is 6.79. The van der Waals surface area contributed by atoms with Crippen LogP contribution in [-0.4, -0.2) is 13.2 Å². The first-order valence-corrected chi connectivity index (χ1v) is 8.19. The van der Waals surface area contributed by atoms with Crippen LogP contribution in [0.2, 0.25) is 0 Å². The summed E-state index contributed by atoms with van der Waals surface area (Å²) in [6.07, 6.45) is 0. The van der Waals surface area contributed by atoms with Gasteiger partial charge in [-0.3, -0.25) is 4.57 Å². The lowest BCUT2D eigenvalue weighted by molar-refractivity contribution is 0.212. The van der Waals surface area contributed by atoms with E-state index in [1.807, 2.05) is 32.9 Å². The summed E-state index contributed by atoms with van der Waals surface area (Å²) in [6.45, 7) is 10.2. The first kappa shape index (κ1) is 16.4. The lowest BCUT2D eigenvalue weighted by Crippen LogP contribution is -2.17. The predicted molar refractivity (Wildman–Crippen MR) is 78.4 cm³/mol. The average molecular weight is 285 g/mol. The molecule has 1 aromatic rings. The van der Waals surface area contributed by atoms with Gasteiger partial charge in [-0.15, -0.1) is 0 Å². The van der Waals surface area contributed by atoms with E-state index < -0.39 is 13.4 Å². The first-order valence-electron chi connectivity index (χ1n) is 6.57. The lowest BCUT2D eigenvalue weighted by Gasteiger charge is -2.26. The van der Waals surface area contributed by atoms with Crippen molar-refractivity contribution in [2.75, 3.05) is 13.2 Å². The Morgan fingerprint density at radius 2 is 1.53 bits per heavy atom. The van der Waals surface area contributed by atoms with Crippen molar-refractivity contribution in [3.8, 4) is 0 Å². The Labute approximate surface area is 115 Å². The maximum absolute atomic E-state index is 12.7. The topological polar surface area (TPSA) is 61.5 Å². The quantitative estimate of drug-likeness (QED) is 0.807. The Balaban J connectivity index is 3.24. The summed E-state index contributed by atoms with van der Waals surface area (Å²) in [5.41, 5.74) is 10.2. The smallest absolute Gasteiger partial charge is 0.314 e. The van der Waals surface area contributed by atoms with Gasteiger partial charge in [0.25, 0.3) is 0 Å². The zero-order chi connectivity index (χ0) is 14.6. The lowest BCUT2D eigenvalue weighted by atomic mass is 10.00. The largest absolute Gasteiger partial charge is 0.351 e. The Kier molecular flexibility index (Phi) is 5.75. The number of hydrogen-bond donors (Lipinski definition) is 1. The van der Waals surface area contributed by atoms with Crippen LogP contribution in [0.5, 0.6) is 0 Å². The second-order valence-electron chi connectivity index (χ2n) is 4.63. The molecule has 0 unspecified atom stereocenters. The fraction of sp³-hybridized carbons (Fsp3) is 0.571. The molecular weight excluding hydrogens is 261 g/mol. The molecule has 0 amide bonds. The van der Waals surface area contributed by atoms with E-state index in [1.165, 1.54) is 0 Å². The molecule has 4 nitrogen and oxygen atoms in total. The molecule has 0 spiro atoms. The normalized spacial score (nSPS) is 13.6. The summed E-state index contributed by atoms with van der Waals surface area (Å²) in [5, 5.41) is 0. The standard InChI is InChI=1S/C14H24NO3P/c1-6-17-19(16,18-7-2)14(15)13-11(4)8-10(3)9-12(13)5/h8-9,14H,6-7,15H2,1-5H3/t14-/m0/s1. The third-order valence-corrected chi connectivity index (χ3v) is 5.17. The average Bonchev–Trinajstić information content (AvgIpc) is 2.27. The van der Waals surface area contributed by atoms with Gasteiger partial charge in [0.05, 0.1) is 13.2 Å². The zero-order valence-electron chi connectivity index (χ0n) is 12.4. The SMILES string of the molecule is CCOP(=O)(OCC)[C@H](N)c1c(C)cc(C)cc1C. The number of rotatable bonds is 6. The number of aryl methyl sites for hydroxylation is 3. The molecule has 1 aromatic carbocycles. The molecule has 1 rings (SSSR count). The molecule has 5 heteroatoms. The molecule has 19 heavy (non-hydrogen) atoms. The van der Waals surface area contributed by atoms with Gasteiger partial charge >= 0.3 is 7.60 Å². The first-order chi connectivity index (χ1) is 8.85. The molecule has 0 saturated carbocycles. The van der Waals surface area contributed by atoms with Crippen LogP contribution in [0.1, 0.15) is 41.9 Å². The molecule has 0 heterocycles. The van der Waals surface area contributed by atoms with Gasteiger partial charge in [-0.2, -0.15) is 0 Å². The third-order valence-electron chi connectivity index (χ3n) is 2.99. The molecule has 2 N–H and O–H groups in total. The van der Waals surface area contributed by atoms with Crippen LogP contribution in [0.4, 0.5) is 0 Å². The van der Waals surface area contributed by atoms with Crippen LogP contribution in [0.15, 0.2) is 12.1 Å². The minimum Gasteiger partial charge on any atom is -0.314 e. The summed E-state index contributed by atoms with van der Waals surface area (Å²) < 4.78 is 23.4. The van der Waals surface area contributed by atoms with Crippen LogP contribution >= 0.6 is 7.60 Å². The summed E-state index contributed by atoms with van der Waals surface area (Å²) in [6, 6.07) is 4.06. The number of hydrogen-bond acceptors (Lipinski definition) is 4. The van der Waals surface area contributed by atoms with E-state index >= 15 is 0 Å². The maximum Gasteiger partial charge on any atom is 0.351 e. The molecular formula is C14H24NO3P. The molecule has 0 fully saturated rings. The summed E-state index contributed by atoms with van der Waals surface area (Å²) in [7, 11) is -3.32. The van der Waals surface area contributed by atoms with E-state index in [2.05, 4.69) is 0 Å². The zero-order valence-corrected chi connectivity index (χ0v) is 13.3. The highest BCUT2D eigenvalue weighted by Crippen LogP contribution is 2.59. The maximum atomic E-state index is 12.7. The number of nitrogens with two attached hydrogens (primary N) is 1. The van der Waals surface area contributed by atoms with Gasteiger partial charge in [0, 0.05) is 0 Å². The molecule has 0 aliphatic heterocycles. The van der Waals surface area contributed by atoms with Crippen molar-refractivity contribution in [2.24, 2.45) is 5.73 Å². The second kappa shape index (κ2) is 6.67. The van der Waals surface area contributed by atoms with E-state index in [9.17, 15) is 4.57 Å². The number of benzene rings is 1. The fourth-order valence-electron chi connectivity index (χ4n) is 2.37. The highest BCUT2D eigenvalue weighted by atomic mass is 31.2. The van der Waals surface area contributed by atoms with Crippen LogP contribution in [0, 0.1) is 20.8 Å². The van der Waals surface area contributed by atoms with E-state index in [1.54, 1.807) is 13.8 Å². The van der Waals surface area contributed by atoms with Crippen molar-refractivity contribution in [1.82, 2.24) is 0 Å². The molecule has 108 valence electrons. The van der Waals surface area contributed by atoms with Crippen molar-refractivity contribution in [2.45, 2.75) is 40.4 Å². The Hall–Kier alpha value is -0.670. The van der Waals surface area contributed by atoms with Gasteiger partial charge in [0.1, 0.15) is 5.78 Å². The van der Waals surface area contributed by atoms with Crippen LogP contribution < -0.4 is 5.73 Å². The Bertz CT molecular complexity index is 455. The van der Waals surface area contributed by atoms with Gasteiger partial charge in [0.2, 0.25) is 0 Å². The van der Waals surface area contributed by atoms with Crippen LogP contribution in [-0.2, 0) is 13.6 Å². The van der Waals surface area contributed by atoms with Crippen LogP contribution in [0.25, 0.3) is 0 Å². The molecule has 0 saturated heterocycles. The van der Waals surface area contributed by atoms with E-state index in [0.717, 1.165) is 22.3 Å². The van der Waals surface area contributed by atoms with Crippen molar-refractivity contribution in [1.29, 1.82) is 0 Å². The fourth-order valence-corrected chi connectivity index (χ4v) is 4.21. The summed E-state index contributed by atoms with van der Waals surface area (Å²) in [4.78, 5) is 0. The minimum atomic E-state index is -3.32. The molecule has 0 aliphatic rings. The molecule has 1 atom stereocenters. The predicted octanol–water partition coefficient (Wildman–Crippen LogP) is 3.84. The van der Waals surface area contributed by atoms with Gasteiger partial charge in [0.15, 0.2) is 0 Å². The van der Waals surface area contributed by atoms with Crippen molar-refractivity contribution < 1.29 is 13.6 Å². The highest BCUT2D eigenvalue weighted by molar-refractivity contribution is 7.54. The van der Waals surface area contributed by atoms with Crippen molar-refractivity contribution in [3.63, 3.8) is 0 Å². The van der Waals surface area contributed by atoms with Gasteiger partial charge in [-0.25, -0.2) is 0 Å². The van der Waals surface area contributed by atoms with E-state index in [-0.39, 0.29) is 0 Å². The summed E-state index contributed by atoms with van der Waals surface area (Å²) >= 11 is 0. The monoisotopic (exact) mass is 285 g/mol. The summed E-state index contributed by atoms with van der Waals surface area (Å²) in [5.74, 6) is -0.743. The highest BCUT2D eigenvalue weighted by Gasteiger charge is 2.35. The molecule has 0 aromatic heterocycles. The van der Waals surface area contributed by atoms with Gasteiger partial charge in [-0.05, 0) is 51.3 Å². The van der Waals surface area contributed by atoms with Gasteiger partial charge < -0.3 is 14.8 Å². The van der Waals surface area contributed by atoms with Crippen molar-refractivity contribution >= 4 is 7.60 Å². The van der Waals surface area contributed by atoms with Gasteiger partial charge in [-0.1, -0.05) is 17.7 Å². The van der Waals surface area contributed by atoms with Crippen LogP contribution in [0.3, 0.4) is 0 Å². The third kappa shape index (κ3) is 3.67. The Morgan fingerprint density at radius 3 is 1.89 bits per heavy atom. The van der Waals surface area contributed by atoms with E-state index in [4.69, 9.17) is 14.8 Å². The molecule has 0 bridgehead atoms. The molecule has 0 radical (unpaired) electrons. The molecule has 0 aliphatic carbocycles. The van der Waals surface area contributed by atoms with E-state index in [0.29, 0.717) is 13.2 Å². The van der Waals surface area contributed by atoms with Crippen molar-refractivity contribution in [3.05, 3.63) is 34.4 Å².